The van der Waals surface area contributed by atoms with Crippen LogP contribution >= 0.6 is 0 Å². The highest BCUT2D eigenvalue weighted by Crippen LogP contribution is 2.39. The molecule has 0 radical (unpaired) electrons. The van der Waals surface area contributed by atoms with Gasteiger partial charge in [0.1, 0.15) is 17.8 Å². The zero-order chi connectivity index (χ0) is 21.7. The third-order valence-corrected chi connectivity index (χ3v) is 7.45. The molecule has 6 heteroatoms. The predicted octanol–water partition coefficient (Wildman–Crippen LogP) is 4.80. The summed E-state index contributed by atoms with van der Waals surface area (Å²) in [5.41, 5.74) is 4.89. The van der Waals surface area contributed by atoms with Crippen LogP contribution in [0.4, 0.5) is 0 Å². The molecule has 4 rings (SSSR count). The second kappa shape index (κ2) is 9.62. The lowest BCUT2D eigenvalue weighted by Crippen LogP contribution is -2.42. The van der Waals surface area contributed by atoms with E-state index in [0.29, 0.717) is 5.75 Å². The topological polar surface area (TPSA) is 65.6 Å². The summed E-state index contributed by atoms with van der Waals surface area (Å²) in [6.07, 6.45) is 4.45. The summed E-state index contributed by atoms with van der Waals surface area (Å²) >= 11 is -1.23. The quantitative estimate of drug-likeness (QED) is 0.360. The molecule has 0 saturated carbocycles. The second-order valence-corrected chi connectivity index (χ2v) is 9.55. The lowest BCUT2D eigenvalue weighted by Gasteiger charge is -2.31. The average molecular weight is 433 g/mol. The predicted molar refractivity (Wildman–Crippen MR) is 128 cm³/mol. The molecule has 3 aromatic rings. The van der Waals surface area contributed by atoms with Crippen molar-refractivity contribution in [1.82, 2.24) is 9.78 Å². The Hall–Kier alpha value is -2.70. The molecule has 5 nitrogen and oxygen atoms in total. The van der Waals surface area contributed by atoms with E-state index in [1.807, 2.05) is 67.6 Å². The standard InChI is InChI=1S/C25H28N4OS/c1-20-18-21(2)29(28-20)16-10-5-11-17-31(30)25(23-14-8-4-9-15-23)24(26-19-27-25)22-12-6-3-7-13-22/h3-4,6-9,12-15,18-19H,5,10-11,16-17H2,1-2H3. The molecule has 1 aromatic heterocycles. The van der Waals surface area contributed by atoms with Crippen molar-refractivity contribution in [3.05, 3.63) is 89.2 Å². The number of nitrogens with zero attached hydrogens (tertiary/aromatic N) is 4. The van der Waals surface area contributed by atoms with Gasteiger partial charge >= 0.3 is 0 Å². The van der Waals surface area contributed by atoms with Gasteiger partial charge in [0, 0.05) is 23.4 Å². The second-order valence-electron chi connectivity index (χ2n) is 7.86. The van der Waals surface area contributed by atoms with E-state index >= 15 is 0 Å². The first kappa shape index (κ1) is 21.5. The molecule has 31 heavy (non-hydrogen) atoms. The molecule has 0 amide bonds. The Bertz CT molecular complexity index is 1060. The van der Waals surface area contributed by atoms with Gasteiger partial charge in [0.2, 0.25) is 0 Å². The van der Waals surface area contributed by atoms with Crippen LogP contribution in [-0.2, 0) is 22.6 Å². The smallest absolute Gasteiger partial charge is 0.286 e. The van der Waals surface area contributed by atoms with Crippen LogP contribution in [0.1, 0.15) is 41.8 Å². The largest absolute Gasteiger partial charge is 0.614 e. The third kappa shape index (κ3) is 4.50. The molecule has 0 aliphatic carbocycles. The molecular formula is C25H28N4OS. The maximum atomic E-state index is 13.7. The van der Waals surface area contributed by atoms with E-state index in [9.17, 15) is 4.55 Å². The van der Waals surface area contributed by atoms with E-state index < -0.39 is 16.0 Å². The average Bonchev–Trinajstić information content (AvgIpc) is 3.38. The molecule has 0 spiro atoms. The molecule has 0 saturated heterocycles. The van der Waals surface area contributed by atoms with Gasteiger partial charge in [-0.15, -0.1) is 0 Å². The molecular weight excluding hydrogens is 404 g/mol. The minimum absolute atomic E-state index is 0.579. The van der Waals surface area contributed by atoms with E-state index in [1.165, 1.54) is 5.69 Å². The van der Waals surface area contributed by atoms with E-state index in [-0.39, 0.29) is 0 Å². The number of aliphatic imine (C=N–C) groups is 2. The van der Waals surface area contributed by atoms with Crippen molar-refractivity contribution in [2.45, 2.75) is 44.5 Å². The van der Waals surface area contributed by atoms with Crippen LogP contribution in [0.15, 0.2) is 76.7 Å². The lowest BCUT2D eigenvalue weighted by molar-refractivity contribution is 0.533. The first-order chi connectivity index (χ1) is 15.1. The number of aromatic nitrogens is 2. The van der Waals surface area contributed by atoms with Crippen molar-refractivity contribution < 1.29 is 4.55 Å². The van der Waals surface area contributed by atoms with Crippen molar-refractivity contribution in [2.75, 3.05) is 5.75 Å². The van der Waals surface area contributed by atoms with Crippen molar-refractivity contribution >= 4 is 23.2 Å². The van der Waals surface area contributed by atoms with E-state index in [1.54, 1.807) is 6.34 Å². The molecule has 2 aromatic carbocycles. The maximum absolute atomic E-state index is 13.7. The summed E-state index contributed by atoms with van der Waals surface area (Å²) in [7, 11) is 0. The number of hydrogen-bond acceptors (Lipinski definition) is 4. The summed E-state index contributed by atoms with van der Waals surface area (Å²) in [4.78, 5) is 8.34. The van der Waals surface area contributed by atoms with Crippen molar-refractivity contribution in [1.29, 1.82) is 0 Å². The Balaban J connectivity index is 1.47. The zero-order valence-electron chi connectivity index (χ0n) is 18.1. The Morgan fingerprint density at radius 2 is 1.65 bits per heavy atom. The highest BCUT2D eigenvalue weighted by Gasteiger charge is 2.51. The van der Waals surface area contributed by atoms with Gasteiger partial charge in [-0.05, 0) is 50.4 Å². The Morgan fingerprint density at radius 1 is 0.935 bits per heavy atom. The zero-order valence-corrected chi connectivity index (χ0v) is 18.9. The van der Waals surface area contributed by atoms with Gasteiger partial charge in [0.25, 0.3) is 4.87 Å². The fourth-order valence-electron chi connectivity index (χ4n) is 4.08. The fourth-order valence-corrected chi connectivity index (χ4v) is 5.79. The van der Waals surface area contributed by atoms with Gasteiger partial charge in [0.05, 0.1) is 5.69 Å². The molecule has 1 aliphatic heterocycles. The summed E-state index contributed by atoms with van der Waals surface area (Å²) in [6, 6.07) is 22.0. The van der Waals surface area contributed by atoms with Gasteiger partial charge in [-0.1, -0.05) is 60.7 Å². The first-order valence-corrected chi connectivity index (χ1v) is 12.1. The molecule has 2 atom stereocenters. The van der Waals surface area contributed by atoms with Gasteiger partial charge < -0.3 is 4.55 Å². The number of benzene rings is 2. The van der Waals surface area contributed by atoms with Crippen LogP contribution in [0, 0.1) is 13.8 Å². The summed E-state index contributed by atoms with van der Waals surface area (Å²) < 4.78 is 15.8. The van der Waals surface area contributed by atoms with E-state index in [0.717, 1.165) is 48.3 Å². The van der Waals surface area contributed by atoms with E-state index in [2.05, 4.69) is 27.8 Å². The molecule has 2 heterocycles. The van der Waals surface area contributed by atoms with Crippen LogP contribution in [0.2, 0.25) is 0 Å². The fraction of sp³-hybridized carbons (Fsp3) is 0.320. The van der Waals surface area contributed by atoms with Gasteiger partial charge in [-0.2, -0.15) is 5.10 Å². The summed E-state index contributed by atoms with van der Waals surface area (Å²) in [6.45, 7) is 5.00. The van der Waals surface area contributed by atoms with Crippen LogP contribution in [0.25, 0.3) is 0 Å². The Morgan fingerprint density at radius 3 is 2.32 bits per heavy atom. The molecule has 1 aliphatic rings. The normalized spacial score (nSPS) is 18.9. The van der Waals surface area contributed by atoms with E-state index in [4.69, 9.17) is 4.99 Å². The van der Waals surface area contributed by atoms with Crippen LogP contribution in [0.5, 0.6) is 0 Å². The monoisotopic (exact) mass is 432 g/mol. The number of unbranched alkanes of at least 4 members (excludes halogenated alkanes) is 2. The van der Waals surface area contributed by atoms with Gasteiger partial charge in [-0.3, -0.25) is 4.68 Å². The van der Waals surface area contributed by atoms with Crippen molar-refractivity contribution in [3.8, 4) is 0 Å². The molecule has 0 bridgehead atoms. The third-order valence-electron chi connectivity index (χ3n) is 5.59. The van der Waals surface area contributed by atoms with Crippen LogP contribution in [-0.4, -0.2) is 32.1 Å². The van der Waals surface area contributed by atoms with Gasteiger partial charge in [0.15, 0.2) is 0 Å². The van der Waals surface area contributed by atoms with Gasteiger partial charge in [-0.25, -0.2) is 9.98 Å². The number of rotatable bonds is 9. The first-order valence-electron chi connectivity index (χ1n) is 10.7. The van der Waals surface area contributed by atoms with Crippen molar-refractivity contribution in [3.63, 3.8) is 0 Å². The molecule has 0 fully saturated rings. The SMILES string of the molecule is Cc1cc(C)n(CCCCC[S+]([O-])C2(c3ccccc3)N=CN=C2c2ccccc2)n1. The number of hydrogen-bond donors (Lipinski definition) is 0. The van der Waals surface area contributed by atoms with Crippen LogP contribution in [0.3, 0.4) is 0 Å². The summed E-state index contributed by atoms with van der Waals surface area (Å²) in [5.74, 6) is 0.579. The molecule has 2 unspecified atom stereocenters. The van der Waals surface area contributed by atoms with Crippen molar-refractivity contribution in [2.24, 2.45) is 9.98 Å². The highest BCUT2D eigenvalue weighted by molar-refractivity contribution is 7.93. The Labute approximate surface area is 187 Å². The maximum Gasteiger partial charge on any atom is 0.286 e. The minimum atomic E-state index is -1.23. The molecule has 0 N–H and O–H groups in total. The molecule has 160 valence electrons. The Kier molecular flexibility index (Phi) is 6.68. The number of aryl methyl sites for hydroxylation is 3. The highest BCUT2D eigenvalue weighted by atomic mass is 32.2. The summed E-state index contributed by atoms with van der Waals surface area (Å²) in [5, 5.41) is 4.52. The minimum Gasteiger partial charge on any atom is -0.614 e. The van der Waals surface area contributed by atoms with Crippen LogP contribution < -0.4 is 0 Å². The lowest BCUT2D eigenvalue weighted by atomic mass is 9.96.